The fourth-order valence-corrected chi connectivity index (χ4v) is 4.26. The van der Waals surface area contributed by atoms with Crippen molar-refractivity contribution in [1.82, 2.24) is 5.32 Å². The zero-order valence-electron chi connectivity index (χ0n) is 17.7. The van der Waals surface area contributed by atoms with Crippen molar-refractivity contribution in [2.45, 2.75) is 11.3 Å². The molecule has 1 aliphatic heterocycles. The molecule has 1 heterocycles. The summed E-state index contributed by atoms with van der Waals surface area (Å²) in [6.07, 6.45) is -0.998. The molecule has 1 aliphatic rings. The average Bonchev–Trinajstić information content (AvgIpc) is 2.76. The molecule has 0 unspecified atom stereocenters. The summed E-state index contributed by atoms with van der Waals surface area (Å²) in [6, 6.07) is 7.24. The molecule has 12 heteroatoms. The quantitative estimate of drug-likeness (QED) is 0.534. The molecule has 3 rings (SSSR count). The van der Waals surface area contributed by atoms with Crippen LogP contribution in [0.1, 0.15) is 5.56 Å². The third kappa shape index (κ3) is 4.80. The lowest BCUT2D eigenvalue weighted by Gasteiger charge is -2.26. The van der Waals surface area contributed by atoms with E-state index >= 15 is 0 Å². The second-order valence-corrected chi connectivity index (χ2v) is 8.51. The number of carbonyl (C=O) groups is 2. The van der Waals surface area contributed by atoms with E-state index in [1.54, 1.807) is 6.07 Å². The molecule has 0 saturated heterocycles. The summed E-state index contributed by atoms with van der Waals surface area (Å²) in [7, 11) is 0.318. The lowest BCUT2D eigenvalue weighted by molar-refractivity contribution is -0.121. The fraction of sp³-hybridized carbons (Fsp3) is 0.300. The molecule has 0 radical (unpaired) electrons. The van der Waals surface area contributed by atoms with Crippen LogP contribution >= 0.6 is 0 Å². The van der Waals surface area contributed by atoms with Crippen molar-refractivity contribution in [1.29, 1.82) is 0 Å². The maximum Gasteiger partial charge on any atom is 0.404 e. The number of benzene rings is 2. The minimum atomic E-state index is -4.07. The van der Waals surface area contributed by atoms with Gasteiger partial charge >= 0.3 is 6.09 Å². The van der Waals surface area contributed by atoms with E-state index in [1.807, 2.05) is 0 Å². The largest absolute Gasteiger partial charge is 0.493 e. The number of hydrogen-bond donors (Lipinski definition) is 3. The molecule has 0 aromatic heterocycles. The lowest BCUT2D eigenvalue weighted by atomic mass is 10.1. The van der Waals surface area contributed by atoms with Crippen molar-refractivity contribution in [2.75, 3.05) is 44.0 Å². The highest BCUT2D eigenvalue weighted by atomic mass is 32.2. The van der Waals surface area contributed by atoms with Gasteiger partial charge in [-0.1, -0.05) is 0 Å². The minimum absolute atomic E-state index is 0.0582. The molecule has 0 atom stereocenters. The van der Waals surface area contributed by atoms with E-state index in [1.165, 1.54) is 50.4 Å². The Balaban J connectivity index is 1.97. The van der Waals surface area contributed by atoms with E-state index in [-0.39, 0.29) is 36.1 Å². The zero-order chi connectivity index (χ0) is 23.5. The van der Waals surface area contributed by atoms with Gasteiger partial charge in [0.15, 0.2) is 18.1 Å². The van der Waals surface area contributed by atoms with Gasteiger partial charge in [0.1, 0.15) is 5.75 Å². The van der Waals surface area contributed by atoms with Crippen molar-refractivity contribution < 1.29 is 37.3 Å². The predicted molar refractivity (Wildman–Crippen MR) is 115 cm³/mol. The molecule has 11 nitrogen and oxygen atoms in total. The molecule has 2 aromatic carbocycles. The van der Waals surface area contributed by atoms with Crippen LogP contribution in [0.2, 0.25) is 0 Å². The molecule has 0 saturated carbocycles. The summed E-state index contributed by atoms with van der Waals surface area (Å²) < 4.78 is 44.6. The number of nitrogens with one attached hydrogen (secondary N) is 2. The van der Waals surface area contributed by atoms with Gasteiger partial charge in [0.2, 0.25) is 0 Å². The van der Waals surface area contributed by atoms with E-state index in [4.69, 9.17) is 19.3 Å². The first-order valence-electron chi connectivity index (χ1n) is 9.44. The van der Waals surface area contributed by atoms with Crippen LogP contribution in [0.4, 0.5) is 16.2 Å². The highest BCUT2D eigenvalue weighted by Crippen LogP contribution is 2.36. The molecule has 2 amide bonds. The Labute approximate surface area is 184 Å². The van der Waals surface area contributed by atoms with Gasteiger partial charge in [-0.3, -0.25) is 9.52 Å². The maximum absolute atomic E-state index is 13.1. The molecular formula is C20H23N3O8S. The van der Waals surface area contributed by atoms with Gasteiger partial charge < -0.3 is 29.5 Å². The third-order valence-electron chi connectivity index (χ3n) is 4.85. The number of amides is 2. The van der Waals surface area contributed by atoms with Gasteiger partial charge in [0, 0.05) is 19.7 Å². The number of methoxy groups -OCH3 is 2. The van der Waals surface area contributed by atoms with Crippen molar-refractivity contribution >= 4 is 33.4 Å². The van der Waals surface area contributed by atoms with Crippen molar-refractivity contribution in [3.8, 4) is 17.2 Å². The summed E-state index contributed by atoms with van der Waals surface area (Å²) in [5.41, 5.74) is 1.03. The first-order valence-corrected chi connectivity index (χ1v) is 10.9. The number of hydrogen-bond acceptors (Lipinski definition) is 7. The molecular weight excluding hydrogens is 442 g/mol. The van der Waals surface area contributed by atoms with E-state index in [9.17, 15) is 18.0 Å². The van der Waals surface area contributed by atoms with E-state index < -0.39 is 16.1 Å². The summed E-state index contributed by atoms with van der Waals surface area (Å²) in [6.45, 7) is -0.0597. The van der Waals surface area contributed by atoms with Crippen LogP contribution in [-0.2, 0) is 21.2 Å². The second kappa shape index (κ2) is 9.22. The van der Waals surface area contributed by atoms with Crippen LogP contribution in [-0.4, -0.2) is 59.9 Å². The van der Waals surface area contributed by atoms with Gasteiger partial charge in [-0.25, -0.2) is 13.2 Å². The maximum atomic E-state index is 13.1. The number of ether oxygens (including phenoxy) is 3. The molecule has 3 N–H and O–H groups in total. The Morgan fingerprint density at radius 1 is 1.19 bits per heavy atom. The minimum Gasteiger partial charge on any atom is -0.493 e. The molecule has 2 aromatic rings. The van der Waals surface area contributed by atoms with Crippen molar-refractivity contribution in [3.05, 3.63) is 35.9 Å². The zero-order valence-corrected chi connectivity index (χ0v) is 18.5. The van der Waals surface area contributed by atoms with Crippen LogP contribution in [0, 0.1) is 0 Å². The van der Waals surface area contributed by atoms with Gasteiger partial charge in [-0.05, 0) is 36.2 Å². The van der Waals surface area contributed by atoms with Gasteiger partial charge in [-0.15, -0.1) is 0 Å². The molecule has 0 aliphatic carbocycles. The lowest BCUT2D eigenvalue weighted by Crippen LogP contribution is -2.35. The van der Waals surface area contributed by atoms with Crippen LogP contribution in [0.3, 0.4) is 0 Å². The SMILES string of the molecule is COc1cc(CCNC(=O)O)c(NS(=O)(=O)c2ccc3c(c2)N(C)C(=O)CO3)cc1OC. The normalized spacial score (nSPS) is 13.1. The van der Waals surface area contributed by atoms with Gasteiger partial charge in [-0.2, -0.15) is 0 Å². The molecule has 0 fully saturated rings. The Morgan fingerprint density at radius 2 is 1.88 bits per heavy atom. The molecule has 172 valence electrons. The van der Waals surface area contributed by atoms with E-state index in [0.29, 0.717) is 28.5 Å². The second-order valence-electron chi connectivity index (χ2n) is 6.82. The van der Waals surface area contributed by atoms with Crippen LogP contribution < -0.4 is 29.1 Å². The smallest absolute Gasteiger partial charge is 0.404 e. The number of fused-ring (bicyclic) bond motifs is 1. The Bertz CT molecular complexity index is 1150. The van der Waals surface area contributed by atoms with Crippen LogP contribution in [0.5, 0.6) is 17.2 Å². The number of nitrogens with zero attached hydrogens (tertiary/aromatic N) is 1. The number of rotatable bonds is 8. The number of carboxylic acid groups (broad SMARTS) is 1. The number of sulfonamides is 1. The monoisotopic (exact) mass is 465 g/mol. The van der Waals surface area contributed by atoms with Gasteiger partial charge in [0.05, 0.1) is 30.5 Å². The van der Waals surface area contributed by atoms with Crippen LogP contribution in [0.25, 0.3) is 0 Å². The first-order chi connectivity index (χ1) is 15.2. The van der Waals surface area contributed by atoms with Crippen molar-refractivity contribution in [2.24, 2.45) is 0 Å². The van der Waals surface area contributed by atoms with E-state index in [2.05, 4.69) is 10.0 Å². The first kappa shape index (κ1) is 23.0. The molecule has 0 bridgehead atoms. The molecule has 0 spiro atoms. The fourth-order valence-electron chi connectivity index (χ4n) is 3.15. The highest BCUT2D eigenvalue weighted by Gasteiger charge is 2.26. The standard InChI is InChI=1S/C20H23N3O8S/c1-23-15-9-13(4-5-16(15)31-11-19(23)24)32(27,28)22-14-10-18(30-3)17(29-2)8-12(14)6-7-21-20(25)26/h4-5,8-10,21-22H,6-7,11H2,1-3H3,(H,25,26). The highest BCUT2D eigenvalue weighted by molar-refractivity contribution is 7.92. The predicted octanol–water partition coefficient (Wildman–Crippen LogP) is 1.67. The Kier molecular flexibility index (Phi) is 6.63. The number of anilines is 2. The van der Waals surface area contributed by atoms with Crippen LogP contribution in [0.15, 0.2) is 35.2 Å². The number of carbonyl (C=O) groups excluding carboxylic acids is 1. The average molecular weight is 465 g/mol. The van der Waals surface area contributed by atoms with Gasteiger partial charge in [0.25, 0.3) is 15.9 Å². The van der Waals surface area contributed by atoms with Crippen molar-refractivity contribution in [3.63, 3.8) is 0 Å². The number of likely N-dealkylation sites (N-methyl/N-ethyl adjacent to an activating group) is 1. The molecule has 32 heavy (non-hydrogen) atoms. The summed E-state index contributed by atoms with van der Waals surface area (Å²) in [5.74, 6) is 0.766. The third-order valence-corrected chi connectivity index (χ3v) is 6.21. The Hall–Kier alpha value is -3.67. The topological polar surface area (TPSA) is 143 Å². The summed E-state index contributed by atoms with van der Waals surface area (Å²) >= 11 is 0. The summed E-state index contributed by atoms with van der Waals surface area (Å²) in [5, 5.41) is 11.1. The summed E-state index contributed by atoms with van der Waals surface area (Å²) in [4.78, 5) is 23.9. The van der Waals surface area contributed by atoms with E-state index in [0.717, 1.165) is 0 Å². The Morgan fingerprint density at radius 3 is 2.53 bits per heavy atom.